The van der Waals surface area contributed by atoms with Crippen LogP contribution < -0.4 is 10.9 Å². The van der Waals surface area contributed by atoms with Gasteiger partial charge in [-0.3, -0.25) is 14.7 Å². The first-order valence-corrected chi connectivity index (χ1v) is 10.3. The van der Waals surface area contributed by atoms with Crippen molar-refractivity contribution in [2.24, 2.45) is 0 Å². The molecule has 7 nitrogen and oxygen atoms in total. The Labute approximate surface area is 178 Å². The number of hydrogen-bond donors (Lipinski definition) is 3. The van der Waals surface area contributed by atoms with Crippen molar-refractivity contribution in [2.75, 3.05) is 6.54 Å². The van der Waals surface area contributed by atoms with Crippen LogP contribution in [0.25, 0.3) is 16.7 Å². The van der Waals surface area contributed by atoms with Gasteiger partial charge in [-0.15, -0.1) is 0 Å². The number of hydrogen-bond acceptors (Lipinski definition) is 3. The van der Waals surface area contributed by atoms with E-state index in [1.807, 2.05) is 24.3 Å². The fourth-order valence-corrected chi connectivity index (χ4v) is 3.58. The number of halogens is 1. The van der Waals surface area contributed by atoms with E-state index in [4.69, 9.17) is 0 Å². The van der Waals surface area contributed by atoms with Crippen LogP contribution in [0, 0.1) is 12.7 Å². The standard InChI is InChI=1S/C23H24FN5O2/c1-15-18(23(31)29(28-15)17-10-8-16(24)9-11-17)12-13-22(30)25-14-4-7-21-26-19-5-2-3-6-20(19)27-21/h2-3,5-6,8-11,28H,4,7,12-14H2,1H3,(H,25,30)(H,26,27). The summed E-state index contributed by atoms with van der Waals surface area (Å²) in [6.07, 6.45) is 2.08. The highest BCUT2D eigenvalue weighted by molar-refractivity contribution is 5.76. The molecule has 160 valence electrons. The fourth-order valence-electron chi connectivity index (χ4n) is 3.58. The maximum absolute atomic E-state index is 13.1. The molecule has 0 aliphatic heterocycles. The Morgan fingerprint density at radius 2 is 1.90 bits per heavy atom. The predicted molar refractivity (Wildman–Crippen MR) is 117 cm³/mol. The number of amides is 1. The van der Waals surface area contributed by atoms with Crippen LogP contribution in [0.15, 0.2) is 53.3 Å². The van der Waals surface area contributed by atoms with Crippen molar-refractivity contribution < 1.29 is 9.18 Å². The maximum atomic E-state index is 13.1. The molecule has 0 fully saturated rings. The zero-order chi connectivity index (χ0) is 21.8. The number of H-pyrrole nitrogens is 2. The molecular formula is C23H24FN5O2. The Hall–Kier alpha value is -3.68. The quantitative estimate of drug-likeness (QED) is 0.381. The fraction of sp³-hybridized carbons (Fsp3) is 0.261. The second-order valence-electron chi connectivity index (χ2n) is 7.49. The lowest BCUT2D eigenvalue weighted by Gasteiger charge is -2.04. The first-order valence-electron chi connectivity index (χ1n) is 10.3. The van der Waals surface area contributed by atoms with Gasteiger partial charge in [0.25, 0.3) is 5.56 Å². The number of aryl methyl sites for hydroxylation is 2. The maximum Gasteiger partial charge on any atom is 0.274 e. The Kier molecular flexibility index (Phi) is 5.97. The summed E-state index contributed by atoms with van der Waals surface area (Å²) < 4.78 is 14.5. The number of nitrogens with zero attached hydrogens (tertiary/aromatic N) is 2. The predicted octanol–water partition coefficient (Wildman–Crippen LogP) is 3.17. The largest absolute Gasteiger partial charge is 0.356 e. The lowest BCUT2D eigenvalue weighted by Crippen LogP contribution is -2.26. The van der Waals surface area contributed by atoms with Crippen LogP contribution in [-0.2, 0) is 17.6 Å². The van der Waals surface area contributed by atoms with Crippen LogP contribution in [0.4, 0.5) is 4.39 Å². The summed E-state index contributed by atoms with van der Waals surface area (Å²) in [6.45, 7) is 2.34. The minimum absolute atomic E-state index is 0.0991. The van der Waals surface area contributed by atoms with Crippen molar-refractivity contribution in [1.29, 1.82) is 0 Å². The average molecular weight is 421 g/mol. The van der Waals surface area contributed by atoms with Gasteiger partial charge < -0.3 is 10.3 Å². The molecule has 4 aromatic rings. The van der Waals surface area contributed by atoms with E-state index < -0.39 is 0 Å². The van der Waals surface area contributed by atoms with Gasteiger partial charge in [0, 0.05) is 30.6 Å². The molecule has 0 bridgehead atoms. The third-order valence-electron chi connectivity index (χ3n) is 5.23. The number of para-hydroxylation sites is 2. The summed E-state index contributed by atoms with van der Waals surface area (Å²) in [5.41, 5.74) is 3.54. The number of fused-ring (bicyclic) bond motifs is 1. The number of imidazole rings is 1. The Balaban J connectivity index is 1.27. The molecule has 4 rings (SSSR count). The molecule has 0 aliphatic carbocycles. The van der Waals surface area contributed by atoms with Crippen molar-refractivity contribution >= 4 is 16.9 Å². The first kappa shape index (κ1) is 20.6. The molecule has 0 saturated carbocycles. The molecule has 2 heterocycles. The van der Waals surface area contributed by atoms with Crippen LogP contribution in [0.3, 0.4) is 0 Å². The van der Waals surface area contributed by atoms with Gasteiger partial charge in [-0.1, -0.05) is 12.1 Å². The van der Waals surface area contributed by atoms with E-state index in [1.165, 1.54) is 28.9 Å². The van der Waals surface area contributed by atoms with Crippen molar-refractivity contribution in [2.45, 2.75) is 32.6 Å². The molecular weight excluding hydrogens is 397 g/mol. The SMILES string of the molecule is Cc1[nH]n(-c2ccc(F)cc2)c(=O)c1CCC(=O)NCCCc1nc2ccccc2[nH]1. The minimum Gasteiger partial charge on any atom is -0.356 e. The van der Waals surface area contributed by atoms with E-state index in [9.17, 15) is 14.0 Å². The Morgan fingerprint density at radius 3 is 2.68 bits per heavy atom. The van der Waals surface area contributed by atoms with Crippen LogP contribution in [0.2, 0.25) is 0 Å². The molecule has 0 saturated heterocycles. The molecule has 0 unspecified atom stereocenters. The number of carbonyl (C=O) groups excluding carboxylic acids is 1. The Bertz CT molecular complexity index is 1220. The summed E-state index contributed by atoms with van der Waals surface area (Å²) in [4.78, 5) is 32.7. The number of aromatic nitrogens is 4. The Morgan fingerprint density at radius 1 is 1.13 bits per heavy atom. The minimum atomic E-state index is -0.364. The van der Waals surface area contributed by atoms with Crippen LogP contribution in [0.5, 0.6) is 0 Å². The zero-order valence-electron chi connectivity index (χ0n) is 17.2. The van der Waals surface area contributed by atoms with Gasteiger partial charge in [-0.05, 0) is 56.2 Å². The molecule has 2 aromatic carbocycles. The monoisotopic (exact) mass is 421 g/mol. The molecule has 1 amide bonds. The number of benzene rings is 2. The topological polar surface area (TPSA) is 95.6 Å². The molecule has 8 heteroatoms. The molecule has 3 N–H and O–H groups in total. The summed E-state index contributed by atoms with van der Waals surface area (Å²) in [6, 6.07) is 13.5. The van der Waals surface area contributed by atoms with Gasteiger partial charge in [0.15, 0.2) is 0 Å². The molecule has 2 aromatic heterocycles. The second kappa shape index (κ2) is 8.99. The van der Waals surface area contributed by atoms with E-state index >= 15 is 0 Å². The van der Waals surface area contributed by atoms with Crippen LogP contribution in [-0.4, -0.2) is 32.2 Å². The van der Waals surface area contributed by atoms with Crippen LogP contribution in [0.1, 0.15) is 29.9 Å². The average Bonchev–Trinajstić information content (AvgIpc) is 3.30. The van der Waals surface area contributed by atoms with Crippen molar-refractivity contribution in [3.63, 3.8) is 0 Å². The highest BCUT2D eigenvalue weighted by Crippen LogP contribution is 2.12. The molecule has 31 heavy (non-hydrogen) atoms. The van der Waals surface area contributed by atoms with E-state index in [1.54, 1.807) is 6.92 Å². The van der Waals surface area contributed by atoms with Gasteiger partial charge >= 0.3 is 0 Å². The lowest BCUT2D eigenvalue weighted by molar-refractivity contribution is -0.121. The van der Waals surface area contributed by atoms with Gasteiger partial charge in [0.1, 0.15) is 11.6 Å². The van der Waals surface area contributed by atoms with E-state index in [0.717, 1.165) is 29.7 Å². The normalized spacial score (nSPS) is 11.2. The van der Waals surface area contributed by atoms with Crippen molar-refractivity contribution in [1.82, 2.24) is 25.1 Å². The van der Waals surface area contributed by atoms with E-state index in [-0.39, 0.29) is 23.7 Å². The molecule has 0 aliphatic rings. The number of rotatable bonds is 8. The van der Waals surface area contributed by atoms with Gasteiger partial charge in [-0.2, -0.15) is 0 Å². The summed E-state index contributed by atoms with van der Waals surface area (Å²) in [5.74, 6) is 0.440. The molecule has 0 atom stereocenters. The summed E-state index contributed by atoms with van der Waals surface area (Å²) >= 11 is 0. The lowest BCUT2D eigenvalue weighted by atomic mass is 10.1. The van der Waals surface area contributed by atoms with Crippen molar-refractivity contribution in [3.8, 4) is 5.69 Å². The van der Waals surface area contributed by atoms with E-state index in [0.29, 0.717) is 29.9 Å². The van der Waals surface area contributed by atoms with Crippen molar-refractivity contribution in [3.05, 3.63) is 81.8 Å². The second-order valence-corrected chi connectivity index (χ2v) is 7.49. The number of carbonyl (C=O) groups is 1. The summed E-state index contributed by atoms with van der Waals surface area (Å²) in [5, 5.41) is 5.89. The highest BCUT2D eigenvalue weighted by atomic mass is 19.1. The highest BCUT2D eigenvalue weighted by Gasteiger charge is 2.14. The van der Waals surface area contributed by atoms with E-state index in [2.05, 4.69) is 20.4 Å². The van der Waals surface area contributed by atoms with Gasteiger partial charge in [0.05, 0.1) is 16.7 Å². The molecule has 0 radical (unpaired) electrons. The molecule has 0 spiro atoms. The third kappa shape index (κ3) is 4.74. The smallest absolute Gasteiger partial charge is 0.274 e. The number of nitrogens with one attached hydrogen (secondary N) is 3. The van der Waals surface area contributed by atoms with Gasteiger partial charge in [0.2, 0.25) is 5.91 Å². The summed E-state index contributed by atoms with van der Waals surface area (Å²) in [7, 11) is 0. The first-order chi connectivity index (χ1) is 15.0. The third-order valence-corrected chi connectivity index (χ3v) is 5.23. The zero-order valence-corrected chi connectivity index (χ0v) is 17.2. The van der Waals surface area contributed by atoms with Crippen LogP contribution >= 0.6 is 0 Å². The number of aromatic amines is 2. The van der Waals surface area contributed by atoms with Gasteiger partial charge in [-0.25, -0.2) is 14.1 Å².